The minimum absolute atomic E-state index is 0. The normalized spacial score (nSPS) is 25.5. The van der Waals surface area contributed by atoms with Gasteiger partial charge in [-0.3, -0.25) is 0 Å². The van der Waals surface area contributed by atoms with Crippen LogP contribution in [0, 0.1) is 12.3 Å². The molecule has 1 fully saturated rings. The Bertz CT molecular complexity index is 91.4. The largest absolute Gasteiger partial charge is 1.00 e. The molecular weight excluding hydrogens is 149 g/mol. The van der Waals surface area contributed by atoms with Crippen molar-refractivity contribution in [1.82, 2.24) is 4.90 Å². The van der Waals surface area contributed by atoms with Crippen molar-refractivity contribution in [2.24, 2.45) is 5.41 Å². The van der Waals surface area contributed by atoms with Crippen LogP contribution in [0.15, 0.2) is 0 Å². The Morgan fingerprint density at radius 2 is 1.70 bits per heavy atom. The van der Waals surface area contributed by atoms with Crippen LogP contribution in [0.2, 0.25) is 0 Å². The molecule has 1 aliphatic rings. The van der Waals surface area contributed by atoms with Crippen molar-refractivity contribution in [2.45, 2.75) is 19.8 Å². The average molecular weight is 165 g/mol. The molecular formula is C8H16KN. The number of likely N-dealkylation sites (tertiary alicyclic amines) is 1. The van der Waals surface area contributed by atoms with E-state index in [1.165, 1.54) is 25.9 Å². The van der Waals surface area contributed by atoms with Gasteiger partial charge in [-0.25, -0.2) is 0 Å². The van der Waals surface area contributed by atoms with Crippen molar-refractivity contribution >= 4 is 0 Å². The maximum absolute atomic E-state index is 4.14. The predicted molar refractivity (Wildman–Crippen MR) is 40.2 cm³/mol. The summed E-state index contributed by atoms with van der Waals surface area (Å²) >= 11 is 0. The Morgan fingerprint density at radius 3 is 2.00 bits per heavy atom. The van der Waals surface area contributed by atoms with Crippen molar-refractivity contribution in [3.63, 3.8) is 0 Å². The first-order valence-corrected chi connectivity index (χ1v) is 3.64. The maximum atomic E-state index is 4.14. The Labute approximate surface area is 107 Å². The number of nitrogens with zero attached hydrogens (tertiary/aromatic N) is 1. The number of piperidine rings is 1. The molecule has 0 N–H and O–H groups in total. The Kier molecular flexibility index (Phi) is 5.31. The van der Waals surface area contributed by atoms with Gasteiger partial charge in [0.25, 0.3) is 0 Å². The zero-order valence-electron chi connectivity index (χ0n) is 7.48. The summed E-state index contributed by atoms with van der Waals surface area (Å²) in [5, 5.41) is 0. The summed E-state index contributed by atoms with van der Waals surface area (Å²) in [5.74, 6) is 0. The number of hydrogen-bond acceptors (Lipinski definition) is 1. The van der Waals surface area contributed by atoms with E-state index in [0.29, 0.717) is 5.41 Å². The Hall–Kier alpha value is 1.60. The second-order valence-electron chi connectivity index (χ2n) is 3.61. The van der Waals surface area contributed by atoms with Crippen molar-refractivity contribution in [1.29, 1.82) is 0 Å². The molecule has 0 bridgehead atoms. The van der Waals surface area contributed by atoms with Gasteiger partial charge in [0.1, 0.15) is 0 Å². The maximum Gasteiger partial charge on any atom is 1.00 e. The zero-order valence-corrected chi connectivity index (χ0v) is 10.6. The van der Waals surface area contributed by atoms with Crippen LogP contribution in [0.25, 0.3) is 0 Å². The van der Waals surface area contributed by atoms with E-state index >= 15 is 0 Å². The van der Waals surface area contributed by atoms with Gasteiger partial charge < -0.3 is 11.8 Å². The first kappa shape index (κ1) is 11.6. The first-order valence-electron chi connectivity index (χ1n) is 3.64. The van der Waals surface area contributed by atoms with Gasteiger partial charge in [0.2, 0.25) is 0 Å². The molecule has 0 aromatic carbocycles. The van der Waals surface area contributed by atoms with Gasteiger partial charge in [-0.15, -0.1) is 0 Å². The molecule has 0 saturated carbocycles. The third kappa shape index (κ3) is 3.84. The van der Waals surface area contributed by atoms with Crippen molar-refractivity contribution in [3.05, 3.63) is 6.92 Å². The molecule has 0 unspecified atom stereocenters. The molecule has 1 saturated heterocycles. The van der Waals surface area contributed by atoms with Gasteiger partial charge in [-0.05, 0) is 20.1 Å². The van der Waals surface area contributed by atoms with Crippen molar-refractivity contribution in [2.75, 3.05) is 20.1 Å². The van der Waals surface area contributed by atoms with Gasteiger partial charge in [-0.2, -0.15) is 5.41 Å². The van der Waals surface area contributed by atoms with E-state index in [9.17, 15) is 0 Å². The zero-order chi connectivity index (χ0) is 6.91. The van der Waals surface area contributed by atoms with Crippen LogP contribution in [0.1, 0.15) is 19.8 Å². The van der Waals surface area contributed by atoms with Crippen molar-refractivity contribution in [3.8, 4) is 0 Å². The summed E-state index contributed by atoms with van der Waals surface area (Å²) in [4.78, 5) is 2.37. The second kappa shape index (κ2) is 4.58. The number of hydrogen-bond donors (Lipinski definition) is 0. The average Bonchev–Trinajstić information content (AvgIpc) is 1.78. The van der Waals surface area contributed by atoms with Gasteiger partial charge >= 0.3 is 51.4 Å². The topological polar surface area (TPSA) is 3.24 Å². The molecule has 1 nitrogen and oxygen atoms in total. The minimum Gasteiger partial charge on any atom is -0.337 e. The summed E-state index contributed by atoms with van der Waals surface area (Å²) in [6, 6.07) is 0. The van der Waals surface area contributed by atoms with E-state index in [-0.39, 0.29) is 51.4 Å². The fourth-order valence-corrected chi connectivity index (χ4v) is 1.16. The predicted octanol–water partition coefficient (Wildman–Crippen LogP) is -1.44. The summed E-state index contributed by atoms with van der Waals surface area (Å²) in [6.45, 7) is 8.83. The molecule has 0 amide bonds. The third-order valence-electron chi connectivity index (χ3n) is 2.19. The van der Waals surface area contributed by atoms with Gasteiger partial charge in [0.05, 0.1) is 0 Å². The van der Waals surface area contributed by atoms with E-state index in [0.717, 1.165) is 0 Å². The van der Waals surface area contributed by atoms with Crippen LogP contribution >= 0.6 is 0 Å². The molecule has 0 spiro atoms. The Balaban J connectivity index is 0.000000810. The number of rotatable bonds is 0. The van der Waals surface area contributed by atoms with E-state index in [4.69, 9.17) is 0 Å². The first-order chi connectivity index (χ1) is 4.10. The standard InChI is InChI=1S/C8H16N.K/c1-8(2)4-6-9(3)7-5-8;/h1,4-7H2,2-3H3;/q-1;+1. The SMILES string of the molecule is [CH2-]C1(C)CCN(C)CC1.[K+]. The monoisotopic (exact) mass is 165 g/mol. The summed E-state index contributed by atoms with van der Waals surface area (Å²) in [6.07, 6.45) is 2.51. The van der Waals surface area contributed by atoms with Gasteiger partial charge in [0, 0.05) is 0 Å². The third-order valence-corrected chi connectivity index (χ3v) is 2.19. The van der Waals surface area contributed by atoms with Crippen LogP contribution in [-0.2, 0) is 0 Å². The molecule has 0 radical (unpaired) electrons. The van der Waals surface area contributed by atoms with E-state index in [2.05, 4.69) is 25.8 Å². The molecule has 1 rings (SSSR count). The minimum atomic E-state index is 0. The smallest absolute Gasteiger partial charge is 0.337 e. The van der Waals surface area contributed by atoms with Crippen LogP contribution in [0.5, 0.6) is 0 Å². The molecule has 0 aromatic heterocycles. The molecule has 1 heterocycles. The van der Waals surface area contributed by atoms with Crippen LogP contribution in [0.3, 0.4) is 0 Å². The van der Waals surface area contributed by atoms with Crippen LogP contribution in [0.4, 0.5) is 0 Å². The fraction of sp³-hybridized carbons (Fsp3) is 0.875. The summed E-state index contributed by atoms with van der Waals surface area (Å²) < 4.78 is 0. The fourth-order valence-electron chi connectivity index (χ4n) is 1.16. The molecule has 0 aliphatic carbocycles. The van der Waals surface area contributed by atoms with Gasteiger partial charge in [-0.1, -0.05) is 19.8 Å². The molecule has 10 heavy (non-hydrogen) atoms. The van der Waals surface area contributed by atoms with E-state index < -0.39 is 0 Å². The summed E-state index contributed by atoms with van der Waals surface area (Å²) in [7, 11) is 2.18. The van der Waals surface area contributed by atoms with Crippen molar-refractivity contribution < 1.29 is 51.4 Å². The molecule has 1 aliphatic heterocycles. The molecule has 0 aromatic rings. The molecule has 0 atom stereocenters. The molecule has 2 heteroatoms. The summed E-state index contributed by atoms with van der Waals surface area (Å²) in [5.41, 5.74) is 0.368. The van der Waals surface area contributed by atoms with Gasteiger partial charge in [0.15, 0.2) is 0 Å². The quantitative estimate of drug-likeness (QED) is 0.314. The van der Waals surface area contributed by atoms with Crippen LogP contribution < -0.4 is 51.4 Å². The van der Waals surface area contributed by atoms with E-state index in [1.54, 1.807) is 0 Å². The molecule has 54 valence electrons. The van der Waals surface area contributed by atoms with Crippen LogP contribution in [-0.4, -0.2) is 25.0 Å². The Morgan fingerprint density at radius 1 is 1.30 bits per heavy atom. The second-order valence-corrected chi connectivity index (χ2v) is 3.61. The van der Waals surface area contributed by atoms with E-state index in [1.807, 2.05) is 0 Å².